The van der Waals surface area contributed by atoms with Gasteiger partial charge < -0.3 is 19.9 Å². The number of amides is 1. The van der Waals surface area contributed by atoms with Gasteiger partial charge in [0.1, 0.15) is 11.6 Å². The number of hydrogen-bond acceptors (Lipinski definition) is 5. The number of carboxylic acids is 1. The van der Waals surface area contributed by atoms with Gasteiger partial charge >= 0.3 is 5.97 Å². The Morgan fingerprint density at radius 3 is 2.63 bits per heavy atom. The highest BCUT2D eigenvalue weighted by Crippen LogP contribution is 2.38. The first kappa shape index (κ1) is 22.8. The van der Waals surface area contributed by atoms with Crippen LogP contribution in [0.2, 0.25) is 5.02 Å². The van der Waals surface area contributed by atoms with E-state index < -0.39 is 11.9 Å². The minimum atomic E-state index is -1.12. The molecule has 1 amide bonds. The molecule has 0 spiro atoms. The van der Waals surface area contributed by atoms with Gasteiger partial charge in [-0.05, 0) is 62.7 Å². The van der Waals surface area contributed by atoms with Gasteiger partial charge in [0.15, 0.2) is 11.5 Å². The summed E-state index contributed by atoms with van der Waals surface area (Å²) in [6.07, 6.45) is 1.24. The number of anilines is 1. The first-order valence-electron chi connectivity index (χ1n) is 9.14. The van der Waals surface area contributed by atoms with E-state index in [0.29, 0.717) is 23.7 Å². The number of carbonyl (C=O) groups is 2. The third-order valence-electron chi connectivity index (χ3n) is 3.73. The molecule has 0 aliphatic rings. The standard InChI is InChI=1S/C22H21ClN2O5/c1-4-29-19-10-14(9-18(23)20(19)30-13(2)3)8-16(12-24)21(26)25-17-7-5-6-15(11-17)22(27)28/h5-11,13H,4H2,1-3H3,(H,25,26)(H,27,28)/b16-8-. The van der Waals surface area contributed by atoms with Crippen molar-refractivity contribution in [2.24, 2.45) is 0 Å². The minimum absolute atomic E-state index is 0.0177. The Bertz CT molecular complexity index is 1020. The van der Waals surface area contributed by atoms with Gasteiger partial charge in [-0.3, -0.25) is 4.79 Å². The summed E-state index contributed by atoms with van der Waals surface area (Å²) in [6, 6.07) is 10.8. The third kappa shape index (κ3) is 6.00. The number of aromatic carboxylic acids is 1. The molecule has 2 aromatic rings. The monoisotopic (exact) mass is 428 g/mol. The lowest BCUT2D eigenvalue weighted by atomic mass is 10.1. The molecule has 0 atom stereocenters. The molecule has 156 valence electrons. The Kier molecular flexibility index (Phi) is 7.84. The summed E-state index contributed by atoms with van der Waals surface area (Å²) in [5, 5.41) is 21.3. The molecule has 0 saturated carbocycles. The summed E-state index contributed by atoms with van der Waals surface area (Å²) >= 11 is 6.32. The summed E-state index contributed by atoms with van der Waals surface area (Å²) in [6.45, 7) is 5.91. The SMILES string of the molecule is CCOc1cc(/C=C(/C#N)C(=O)Nc2cccc(C(=O)O)c2)cc(Cl)c1OC(C)C. The molecular weight excluding hydrogens is 408 g/mol. The molecule has 2 rings (SSSR count). The average Bonchev–Trinajstić information content (AvgIpc) is 2.68. The maximum absolute atomic E-state index is 12.5. The van der Waals surface area contributed by atoms with Gasteiger partial charge in [-0.1, -0.05) is 17.7 Å². The van der Waals surface area contributed by atoms with E-state index in [4.69, 9.17) is 26.2 Å². The van der Waals surface area contributed by atoms with Gasteiger partial charge in [0.2, 0.25) is 0 Å². The highest BCUT2D eigenvalue weighted by Gasteiger charge is 2.16. The van der Waals surface area contributed by atoms with Crippen LogP contribution in [0.5, 0.6) is 11.5 Å². The topological polar surface area (TPSA) is 109 Å². The van der Waals surface area contributed by atoms with Crippen molar-refractivity contribution < 1.29 is 24.2 Å². The highest BCUT2D eigenvalue weighted by molar-refractivity contribution is 6.32. The number of nitrogens with zero attached hydrogens (tertiary/aromatic N) is 1. The fourth-order valence-electron chi connectivity index (χ4n) is 2.53. The second-order valence-corrected chi connectivity index (χ2v) is 6.85. The number of carboxylic acid groups (broad SMARTS) is 1. The number of nitrogens with one attached hydrogen (secondary N) is 1. The van der Waals surface area contributed by atoms with Crippen molar-refractivity contribution in [3.05, 3.63) is 58.1 Å². The average molecular weight is 429 g/mol. The van der Waals surface area contributed by atoms with Crippen molar-refractivity contribution in [3.63, 3.8) is 0 Å². The second-order valence-electron chi connectivity index (χ2n) is 6.44. The van der Waals surface area contributed by atoms with Crippen molar-refractivity contribution in [1.82, 2.24) is 0 Å². The van der Waals surface area contributed by atoms with E-state index in [-0.39, 0.29) is 28.0 Å². The fraction of sp³-hybridized carbons (Fsp3) is 0.227. The predicted octanol–water partition coefficient (Wildman–Crippen LogP) is 4.77. The first-order valence-corrected chi connectivity index (χ1v) is 9.52. The summed E-state index contributed by atoms with van der Waals surface area (Å²) in [5.41, 5.74) is 0.566. The van der Waals surface area contributed by atoms with Gasteiger partial charge in [-0.25, -0.2) is 4.79 Å². The molecule has 0 aliphatic heterocycles. The summed E-state index contributed by atoms with van der Waals surface area (Å²) in [4.78, 5) is 23.6. The molecule has 2 N–H and O–H groups in total. The fourth-order valence-corrected chi connectivity index (χ4v) is 2.79. The Morgan fingerprint density at radius 1 is 1.30 bits per heavy atom. The maximum atomic E-state index is 12.5. The first-order chi connectivity index (χ1) is 14.2. The lowest BCUT2D eigenvalue weighted by Crippen LogP contribution is -2.14. The van der Waals surface area contributed by atoms with Crippen molar-refractivity contribution in [2.45, 2.75) is 26.9 Å². The molecule has 0 fully saturated rings. The molecule has 2 aromatic carbocycles. The second kappa shape index (κ2) is 10.3. The molecule has 7 nitrogen and oxygen atoms in total. The van der Waals surface area contributed by atoms with Crippen LogP contribution in [0, 0.1) is 11.3 Å². The van der Waals surface area contributed by atoms with E-state index in [9.17, 15) is 14.9 Å². The Hall–Kier alpha value is -3.50. The zero-order valence-corrected chi connectivity index (χ0v) is 17.5. The molecular formula is C22H21ClN2O5. The largest absolute Gasteiger partial charge is 0.490 e. The van der Waals surface area contributed by atoms with Crippen LogP contribution in [0.15, 0.2) is 42.0 Å². The Labute approximate surface area is 179 Å². The van der Waals surface area contributed by atoms with Crippen LogP contribution in [0.25, 0.3) is 6.08 Å². The van der Waals surface area contributed by atoms with Crippen LogP contribution in [0.1, 0.15) is 36.7 Å². The molecule has 0 heterocycles. The Balaban J connectivity index is 2.34. The number of carbonyl (C=O) groups excluding carboxylic acids is 1. The van der Waals surface area contributed by atoms with Gasteiger partial charge in [-0.15, -0.1) is 0 Å². The quantitative estimate of drug-likeness (QED) is 0.463. The van der Waals surface area contributed by atoms with E-state index in [1.165, 1.54) is 30.3 Å². The summed E-state index contributed by atoms with van der Waals surface area (Å²) in [5.74, 6) is -1.02. The molecule has 0 aromatic heterocycles. The number of nitriles is 1. The van der Waals surface area contributed by atoms with Crippen molar-refractivity contribution >= 4 is 35.2 Å². The van der Waals surface area contributed by atoms with E-state index in [1.807, 2.05) is 26.8 Å². The van der Waals surface area contributed by atoms with Crippen LogP contribution in [-0.4, -0.2) is 29.7 Å². The van der Waals surface area contributed by atoms with Crippen molar-refractivity contribution in [3.8, 4) is 17.6 Å². The smallest absolute Gasteiger partial charge is 0.335 e. The third-order valence-corrected chi connectivity index (χ3v) is 4.01. The molecule has 0 saturated heterocycles. The van der Waals surface area contributed by atoms with E-state index in [2.05, 4.69) is 5.32 Å². The number of ether oxygens (including phenoxy) is 2. The molecule has 0 aliphatic carbocycles. The Morgan fingerprint density at radius 2 is 2.03 bits per heavy atom. The lowest BCUT2D eigenvalue weighted by molar-refractivity contribution is -0.112. The zero-order valence-electron chi connectivity index (χ0n) is 16.7. The van der Waals surface area contributed by atoms with Gasteiger partial charge in [0.25, 0.3) is 5.91 Å². The molecule has 30 heavy (non-hydrogen) atoms. The number of benzene rings is 2. The minimum Gasteiger partial charge on any atom is -0.490 e. The van der Waals surface area contributed by atoms with E-state index in [1.54, 1.807) is 12.1 Å². The van der Waals surface area contributed by atoms with Crippen LogP contribution >= 0.6 is 11.6 Å². The molecule has 0 radical (unpaired) electrons. The summed E-state index contributed by atoms with van der Waals surface area (Å²) < 4.78 is 11.3. The van der Waals surface area contributed by atoms with Crippen LogP contribution < -0.4 is 14.8 Å². The van der Waals surface area contributed by atoms with Crippen molar-refractivity contribution in [1.29, 1.82) is 5.26 Å². The van der Waals surface area contributed by atoms with Gasteiger partial charge in [-0.2, -0.15) is 5.26 Å². The number of hydrogen-bond donors (Lipinski definition) is 2. The number of rotatable bonds is 8. The molecule has 0 bridgehead atoms. The van der Waals surface area contributed by atoms with Crippen molar-refractivity contribution in [2.75, 3.05) is 11.9 Å². The lowest BCUT2D eigenvalue weighted by Gasteiger charge is -2.16. The van der Waals surface area contributed by atoms with Gasteiger partial charge in [0.05, 0.1) is 23.3 Å². The maximum Gasteiger partial charge on any atom is 0.335 e. The summed E-state index contributed by atoms with van der Waals surface area (Å²) in [7, 11) is 0. The zero-order chi connectivity index (χ0) is 22.3. The van der Waals surface area contributed by atoms with Crippen LogP contribution in [-0.2, 0) is 4.79 Å². The molecule has 0 unspecified atom stereocenters. The van der Waals surface area contributed by atoms with Crippen LogP contribution in [0.3, 0.4) is 0 Å². The number of halogens is 1. The molecule has 8 heteroatoms. The van der Waals surface area contributed by atoms with E-state index >= 15 is 0 Å². The van der Waals surface area contributed by atoms with E-state index in [0.717, 1.165) is 0 Å². The van der Waals surface area contributed by atoms with Crippen LogP contribution in [0.4, 0.5) is 5.69 Å². The highest BCUT2D eigenvalue weighted by atomic mass is 35.5. The predicted molar refractivity (Wildman–Crippen MR) is 114 cm³/mol. The van der Waals surface area contributed by atoms with Gasteiger partial charge in [0, 0.05) is 5.69 Å². The normalized spacial score (nSPS) is 11.0.